The minimum atomic E-state index is -2.75. The Balaban J connectivity index is 1.61. The normalized spacial score (nSPS) is 18.4. The molecule has 0 saturated carbocycles. The number of nitrogens with zero attached hydrogens (tertiary/aromatic N) is 2. The number of carboxylic acid groups (broad SMARTS) is 1. The predicted octanol–water partition coefficient (Wildman–Crippen LogP) is 3.44. The molecule has 35 heavy (non-hydrogen) atoms. The molecule has 4 aliphatic rings. The Kier molecular flexibility index (Phi) is 4.52. The van der Waals surface area contributed by atoms with E-state index in [1.807, 2.05) is 0 Å². The molecule has 0 aromatic heterocycles. The van der Waals surface area contributed by atoms with Crippen molar-refractivity contribution in [3.8, 4) is 22.5 Å². The molecule has 0 spiro atoms. The van der Waals surface area contributed by atoms with E-state index in [0.29, 0.717) is 44.5 Å². The molecule has 0 atom stereocenters. The van der Waals surface area contributed by atoms with E-state index in [1.165, 1.54) is 15.5 Å². The molecular weight excluding hydrogens is 464 g/mol. The molecule has 3 heterocycles. The summed E-state index contributed by atoms with van der Waals surface area (Å²) in [6, 6.07) is 16.5. The zero-order chi connectivity index (χ0) is 24.5. The first-order valence-electron chi connectivity index (χ1n) is 11.0. The van der Waals surface area contributed by atoms with Gasteiger partial charge >= 0.3 is 5.92 Å². The predicted molar refractivity (Wildman–Crippen MR) is 120 cm³/mol. The van der Waals surface area contributed by atoms with Gasteiger partial charge in [-0.1, -0.05) is 24.3 Å². The number of carbonyl (C=O) groups is 1. The molecule has 0 radical (unpaired) electrons. The highest BCUT2D eigenvalue weighted by atomic mass is 19.3. The number of carbonyl (C=O) groups excluding carboxylic acids is 1. The fourth-order valence-corrected chi connectivity index (χ4v) is 4.82. The minimum Gasteiger partial charge on any atom is -0.545 e. The molecule has 0 bridgehead atoms. The van der Waals surface area contributed by atoms with Crippen molar-refractivity contribution in [3.05, 3.63) is 71.6 Å². The van der Waals surface area contributed by atoms with Crippen molar-refractivity contribution in [1.82, 2.24) is 4.58 Å². The second-order valence-electron chi connectivity index (χ2n) is 9.10. The lowest BCUT2D eigenvalue weighted by Gasteiger charge is -2.40. The fraction of sp³-hybridized carbons (Fsp3) is 0.231. The first-order valence-corrected chi connectivity index (χ1v) is 11.0. The summed E-state index contributed by atoms with van der Waals surface area (Å²) in [5, 5.41) is 13.0. The van der Waals surface area contributed by atoms with Crippen LogP contribution in [-0.2, 0) is 0 Å². The van der Waals surface area contributed by atoms with Crippen LogP contribution < -0.4 is 19.9 Å². The number of benzene rings is 3. The second-order valence-corrected chi connectivity index (χ2v) is 9.10. The van der Waals surface area contributed by atoms with Gasteiger partial charge in [-0.05, 0) is 23.8 Å². The summed E-state index contributed by atoms with van der Waals surface area (Å²) in [5.74, 6) is -6.48. The highest BCUT2D eigenvalue weighted by molar-refractivity contribution is 6.07. The topological polar surface area (TPSA) is 59.5 Å². The summed E-state index contributed by atoms with van der Waals surface area (Å²) in [5.41, 5.74) is 2.46. The Bertz CT molecular complexity index is 1540. The van der Waals surface area contributed by atoms with E-state index in [4.69, 9.17) is 4.42 Å². The van der Waals surface area contributed by atoms with Crippen LogP contribution >= 0.6 is 0 Å². The lowest BCUT2D eigenvalue weighted by molar-refractivity contribution is -0.254. The maximum Gasteiger partial charge on any atom is 0.361 e. The standard InChI is InChI=1S/C26H18F4N2O3/c27-25(28)11-31(12-25)15-5-7-19-21(9-15)35-22-10-16(32-13-26(29,30)14-32)6-8-20(22)23(19)17-3-1-2-4-18(17)24(33)34/h1-10H,11-14H2. The third-order valence-electron chi connectivity index (χ3n) is 6.52. The summed E-state index contributed by atoms with van der Waals surface area (Å²) >= 11 is 0. The van der Waals surface area contributed by atoms with Crippen molar-refractivity contribution >= 4 is 22.6 Å². The molecule has 9 heteroatoms. The van der Waals surface area contributed by atoms with Gasteiger partial charge in [0, 0.05) is 39.9 Å². The molecule has 5 nitrogen and oxygen atoms in total. The highest BCUT2D eigenvalue weighted by Gasteiger charge is 2.50. The van der Waals surface area contributed by atoms with Gasteiger partial charge < -0.3 is 19.2 Å². The van der Waals surface area contributed by atoms with Gasteiger partial charge in [0.1, 0.15) is 11.3 Å². The summed E-state index contributed by atoms with van der Waals surface area (Å²) in [6.07, 6.45) is 0. The van der Waals surface area contributed by atoms with Crippen molar-refractivity contribution in [2.24, 2.45) is 0 Å². The molecule has 0 unspecified atom stereocenters. The van der Waals surface area contributed by atoms with Crippen molar-refractivity contribution < 1.29 is 31.9 Å². The SMILES string of the molecule is O=C([O-])c1ccccc1-c1c2ccc(=[N+]3CC(F)(F)C3)cc-2oc2cc(N3CC(F)(F)C3)ccc12. The molecular formula is C26H18F4N2O3. The number of aromatic carboxylic acids is 1. The van der Waals surface area contributed by atoms with Crippen LogP contribution in [0, 0.1) is 0 Å². The van der Waals surface area contributed by atoms with Crippen molar-refractivity contribution in [1.29, 1.82) is 0 Å². The van der Waals surface area contributed by atoms with Crippen LogP contribution in [0.25, 0.3) is 33.4 Å². The van der Waals surface area contributed by atoms with E-state index >= 15 is 0 Å². The lowest BCUT2D eigenvalue weighted by Crippen LogP contribution is -2.57. The van der Waals surface area contributed by atoms with Crippen LogP contribution in [0.3, 0.4) is 0 Å². The Morgan fingerprint density at radius 3 is 2.34 bits per heavy atom. The summed E-state index contributed by atoms with van der Waals surface area (Å²) < 4.78 is 61.4. The Labute approximate surface area is 196 Å². The zero-order valence-corrected chi connectivity index (χ0v) is 18.2. The highest BCUT2D eigenvalue weighted by Crippen LogP contribution is 2.43. The molecule has 0 N–H and O–H groups in total. The first kappa shape index (κ1) is 21.6. The van der Waals surface area contributed by atoms with Gasteiger partial charge in [0.25, 0.3) is 5.92 Å². The number of anilines is 1. The molecule has 2 fully saturated rings. The number of fused-ring (bicyclic) bond motifs is 2. The number of carboxylic acids is 1. The number of halogens is 4. The van der Waals surface area contributed by atoms with Crippen LogP contribution in [0.1, 0.15) is 10.4 Å². The van der Waals surface area contributed by atoms with Crippen LogP contribution in [0.2, 0.25) is 0 Å². The van der Waals surface area contributed by atoms with Gasteiger partial charge in [0.05, 0.1) is 25.1 Å². The van der Waals surface area contributed by atoms with E-state index in [2.05, 4.69) is 0 Å². The monoisotopic (exact) mass is 482 g/mol. The average Bonchev–Trinajstić information content (AvgIpc) is 2.78. The molecule has 6 rings (SSSR count). The second kappa shape index (κ2) is 7.31. The quantitative estimate of drug-likeness (QED) is 0.255. The molecule has 2 aromatic carbocycles. The van der Waals surface area contributed by atoms with Gasteiger partial charge in [0.2, 0.25) is 18.4 Å². The van der Waals surface area contributed by atoms with E-state index in [9.17, 15) is 27.5 Å². The summed E-state index contributed by atoms with van der Waals surface area (Å²) in [7, 11) is 0. The summed E-state index contributed by atoms with van der Waals surface area (Å²) in [6.45, 7) is -1.61. The third kappa shape index (κ3) is 3.62. The van der Waals surface area contributed by atoms with Crippen molar-refractivity contribution in [3.63, 3.8) is 0 Å². The minimum absolute atomic E-state index is 0.0146. The van der Waals surface area contributed by atoms with Crippen LogP contribution in [0.15, 0.2) is 65.1 Å². The number of hydrogen-bond donors (Lipinski definition) is 0. The molecule has 1 aliphatic carbocycles. The number of hydrogen-bond acceptors (Lipinski definition) is 4. The molecule has 3 aliphatic heterocycles. The molecule has 178 valence electrons. The van der Waals surface area contributed by atoms with Gasteiger partial charge in [-0.3, -0.25) is 0 Å². The molecule has 0 amide bonds. The Morgan fingerprint density at radius 1 is 0.914 bits per heavy atom. The first-order chi connectivity index (χ1) is 16.6. The Hall–Kier alpha value is -3.88. The van der Waals surface area contributed by atoms with Gasteiger partial charge in [0.15, 0.2) is 0 Å². The van der Waals surface area contributed by atoms with E-state index < -0.39 is 44.0 Å². The van der Waals surface area contributed by atoms with Crippen molar-refractivity contribution in [2.75, 3.05) is 31.1 Å². The summed E-state index contributed by atoms with van der Waals surface area (Å²) in [4.78, 5) is 13.4. The van der Waals surface area contributed by atoms with Crippen LogP contribution in [0.4, 0.5) is 23.2 Å². The fourth-order valence-electron chi connectivity index (χ4n) is 4.82. The maximum absolute atomic E-state index is 13.4. The van der Waals surface area contributed by atoms with Crippen LogP contribution in [-0.4, -0.2) is 44.0 Å². The number of alkyl halides is 4. The smallest absolute Gasteiger partial charge is 0.361 e. The van der Waals surface area contributed by atoms with Gasteiger partial charge in [-0.25, -0.2) is 13.4 Å². The van der Waals surface area contributed by atoms with E-state index in [-0.39, 0.29) is 5.56 Å². The molecule has 2 aromatic rings. The van der Waals surface area contributed by atoms with Gasteiger partial charge in [-0.2, -0.15) is 8.78 Å². The average molecular weight is 482 g/mol. The lowest BCUT2D eigenvalue weighted by atomic mass is 9.90. The van der Waals surface area contributed by atoms with Crippen LogP contribution in [0.5, 0.6) is 0 Å². The Morgan fingerprint density at radius 2 is 1.66 bits per heavy atom. The largest absolute Gasteiger partial charge is 0.545 e. The third-order valence-corrected chi connectivity index (χ3v) is 6.52. The van der Waals surface area contributed by atoms with E-state index in [0.717, 1.165) is 0 Å². The zero-order valence-electron chi connectivity index (χ0n) is 18.2. The number of rotatable bonds is 3. The van der Waals surface area contributed by atoms with Crippen molar-refractivity contribution in [2.45, 2.75) is 11.8 Å². The van der Waals surface area contributed by atoms with E-state index in [1.54, 1.807) is 54.6 Å². The molecule has 2 saturated heterocycles. The van der Waals surface area contributed by atoms with Gasteiger partial charge in [-0.15, -0.1) is 0 Å². The maximum atomic E-state index is 13.4.